The number of hydrogen-bond donors (Lipinski definition) is 0. The van der Waals surface area contributed by atoms with E-state index in [1.165, 1.54) is 0 Å². The molecule has 3 heteroatoms. The summed E-state index contributed by atoms with van der Waals surface area (Å²) in [6.07, 6.45) is 1.47. The Balaban J connectivity index is 3.76. The van der Waals surface area contributed by atoms with Crippen LogP contribution in [-0.4, -0.2) is 30.2 Å². The summed E-state index contributed by atoms with van der Waals surface area (Å²) in [6.45, 7) is 5.09. The minimum atomic E-state index is -0.139. The van der Waals surface area contributed by atoms with Gasteiger partial charge in [0.2, 0.25) is 12.2 Å². The van der Waals surface area contributed by atoms with Gasteiger partial charge in [-0.15, -0.1) is 0 Å². The average Bonchev–Trinajstić information content (AvgIpc) is 1.91. The molecule has 0 saturated heterocycles. The van der Waals surface area contributed by atoms with Gasteiger partial charge in [0.1, 0.15) is 0 Å². The van der Waals surface area contributed by atoms with Gasteiger partial charge in [-0.3, -0.25) is 9.59 Å². The van der Waals surface area contributed by atoms with Crippen molar-refractivity contribution in [2.45, 2.75) is 20.3 Å². The van der Waals surface area contributed by atoms with Gasteiger partial charge in [-0.25, -0.2) is 0 Å². The monoisotopic (exact) mass is 142 g/mol. The molecule has 0 unspecified atom stereocenters. The topological polar surface area (TPSA) is 37.4 Å². The largest absolute Gasteiger partial charge is 0.343 e. The molecule has 0 bridgehead atoms. The smallest absolute Gasteiger partial charge is 0.230 e. The highest BCUT2D eigenvalue weighted by atomic mass is 16.2. The molecule has 0 rings (SSSR count). The Morgan fingerprint density at radius 3 is 2.20 bits per heavy atom. The first kappa shape index (κ1) is 9.14. The van der Waals surface area contributed by atoms with E-state index in [0.29, 0.717) is 13.1 Å². The first-order valence-corrected chi connectivity index (χ1v) is 3.39. The number of carbonyl (C=O) groups is 1. The number of carbonyl (C=O) groups excluding carboxylic acids is 2. The van der Waals surface area contributed by atoms with Gasteiger partial charge in [-0.2, -0.15) is 0 Å². The van der Waals surface area contributed by atoms with E-state index in [1.807, 2.05) is 13.8 Å². The van der Waals surface area contributed by atoms with Gasteiger partial charge >= 0.3 is 0 Å². The molecule has 0 aliphatic heterocycles. The minimum absolute atomic E-state index is 0.109. The predicted molar refractivity (Wildman–Crippen MR) is 38.2 cm³/mol. The summed E-state index contributed by atoms with van der Waals surface area (Å²) in [5, 5.41) is 0. The predicted octanol–water partition coefficient (Wildman–Crippen LogP) is 0.355. The number of rotatable bonds is 4. The first-order valence-electron chi connectivity index (χ1n) is 3.39. The van der Waals surface area contributed by atoms with Crippen molar-refractivity contribution in [3.05, 3.63) is 0 Å². The second-order valence-corrected chi connectivity index (χ2v) is 1.89. The zero-order valence-electron chi connectivity index (χ0n) is 6.39. The molecule has 0 atom stereocenters. The Morgan fingerprint density at radius 1 is 1.40 bits per heavy atom. The van der Waals surface area contributed by atoms with Gasteiger partial charge in [-0.05, 0) is 13.8 Å². The highest BCUT2D eigenvalue weighted by Crippen LogP contribution is 1.90. The van der Waals surface area contributed by atoms with Gasteiger partial charge in [-0.1, -0.05) is 0 Å². The van der Waals surface area contributed by atoms with E-state index in [4.69, 9.17) is 0 Å². The summed E-state index contributed by atoms with van der Waals surface area (Å²) in [7, 11) is 0. The van der Waals surface area contributed by atoms with Crippen LogP contribution in [0.1, 0.15) is 20.3 Å². The van der Waals surface area contributed by atoms with Crippen LogP contribution in [0.5, 0.6) is 0 Å². The van der Waals surface area contributed by atoms with Gasteiger partial charge in [0, 0.05) is 13.1 Å². The SMILES string of the molecule is CCN(CC)C(=O)C[C]=O. The van der Waals surface area contributed by atoms with Crippen molar-refractivity contribution < 1.29 is 9.59 Å². The Bertz CT molecular complexity index is 119. The summed E-state index contributed by atoms with van der Waals surface area (Å²) >= 11 is 0. The van der Waals surface area contributed by atoms with E-state index in [0.717, 1.165) is 0 Å². The molecule has 3 nitrogen and oxygen atoms in total. The molecule has 0 N–H and O–H groups in total. The van der Waals surface area contributed by atoms with Gasteiger partial charge in [0.25, 0.3) is 0 Å². The van der Waals surface area contributed by atoms with Crippen LogP contribution in [0.3, 0.4) is 0 Å². The lowest BCUT2D eigenvalue weighted by atomic mass is 10.4. The normalized spacial score (nSPS) is 9.00. The summed E-state index contributed by atoms with van der Waals surface area (Å²) in [5.74, 6) is -0.139. The Hall–Kier alpha value is -0.860. The average molecular weight is 142 g/mol. The lowest BCUT2D eigenvalue weighted by molar-refractivity contribution is -0.129. The third kappa shape index (κ3) is 2.62. The van der Waals surface area contributed by atoms with E-state index in [9.17, 15) is 9.59 Å². The second kappa shape index (κ2) is 4.97. The quantitative estimate of drug-likeness (QED) is 0.531. The van der Waals surface area contributed by atoms with Crippen molar-refractivity contribution >= 4 is 12.2 Å². The lowest BCUT2D eigenvalue weighted by Gasteiger charge is -2.16. The summed E-state index contributed by atoms with van der Waals surface area (Å²) in [5.41, 5.74) is 0. The van der Waals surface area contributed by atoms with Crippen LogP contribution in [0.25, 0.3) is 0 Å². The zero-order valence-corrected chi connectivity index (χ0v) is 6.39. The van der Waals surface area contributed by atoms with Crippen LogP contribution < -0.4 is 0 Å². The van der Waals surface area contributed by atoms with E-state index in [-0.39, 0.29) is 12.3 Å². The fourth-order valence-electron chi connectivity index (χ4n) is 0.750. The van der Waals surface area contributed by atoms with Crippen LogP contribution in [0.15, 0.2) is 0 Å². The maximum Gasteiger partial charge on any atom is 0.230 e. The standard InChI is InChI=1S/C7H12NO2/c1-3-8(4-2)7(10)5-6-9/h3-5H2,1-2H3. The number of nitrogens with zero attached hydrogens (tertiary/aromatic N) is 1. The lowest BCUT2D eigenvalue weighted by Crippen LogP contribution is -2.30. The maximum absolute atomic E-state index is 10.9. The number of hydrogen-bond acceptors (Lipinski definition) is 2. The van der Waals surface area contributed by atoms with Crippen LogP contribution in [0, 0.1) is 0 Å². The van der Waals surface area contributed by atoms with E-state index in [1.54, 1.807) is 11.2 Å². The van der Waals surface area contributed by atoms with Crippen molar-refractivity contribution in [3.8, 4) is 0 Å². The van der Waals surface area contributed by atoms with E-state index >= 15 is 0 Å². The van der Waals surface area contributed by atoms with Crippen LogP contribution in [0.2, 0.25) is 0 Å². The fourth-order valence-corrected chi connectivity index (χ4v) is 0.750. The fraction of sp³-hybridized carbons (Fsp3) is 0.714. The molecular formula is C7H12NO2. The molecule has 1 amide bonds. The molecular weight excluding hydrogens is 130 g/mol. The molecule has 0 heterocycles. The third-order valence-electron chi connectivity index (χ3n) is 1.34. The highest BCUT2D eigenvalue weighted by molar-refractivity contribution is 5.88. The van der Waals surface area contributed by atoms with Gasteiger partial charge in [0.15, 0.2) is 0 Å². The van der Waals surface area contributed by atoms with Gasteiger partial charge < -0.3 is 4.90 Å². The van der Waals surface area contributed by atoms with Crippen molar-refractivity contribution in [3.63, 3.8) is 0 Å². The Kier molecular flexibility index (Phi) is 4.54. The highest BCUT2D eigenvalue weighted by Gasteiger charge is 2.07. The van der Waals surface area contributed by atoms with E-state index < -0.39 is 0 Å². The zero-order chi connectivity index (χ0) is 7.98. The maximum atomic E-state index is 10.9. The molecule has 0 aromatic heterocycles. The summed E-state index contributed by atoms with van der Waals surface area (Å²) in [6, 6.07) is 0. The molecule has 0 aromatic rings. The summed E-state index contributed by atoms with van der Waals surface area (Å²) in [4.78, 5) is 22.2. The second-order valence-electron chi connectivity index (χ2n) is 1.89. The first-order chi connectivity index (χ1) is 4.76. The molecule has 57 valence electrons. The van der Waals surface area contributed by atoms with Crippen LogP contribution >= 0.6 is 0 Å². The van der Waals surface area contributed by atoms with Gasteiger partial charge in [0.05, 0.1) is 6.42 Å². The van der Waals surface area contributed by atoms with Crippen molar-refractivity contribution in [1.82, 2.24) is 4.90 Å². The Labute approximate surface area is 61.0 Å². The molecule has 0 aliphatic rings. The third-order valence-corrected chi connectivity index (χ3v) is 1.34. The van der Waals surface area contributed by atoms with Crippen molar-refractivity contribution in [1.29, 1.82) is 0 Å². The molecule has 10 heavy (non-hydrogen) atoms. The van der Waals surface area contributed by atoms with E-state index in [2.05, 4.69) is 0 Å². The van der Waals surface area contributed by atoms with Crippen molar-refractivity contribution in [2.24, 2.45) is 0 Å². The molecule has 0 spiro atoms. The minimum Gasteiger partial charge on any atom is -0.343 e. The van der Waals surface area contributed by atoms with Crippen LogP contribution in [0.4, 0.5) is 0 Å². The number of amides is 1. The molecule has 1 radical (unpaired) electrons. The Morgan fingerprint density at radius 2 is 1.90 bits per heavy atom. The van der Waals surface area contributed by atoms with Crippen molar-refractivity contribution in [2.75, 3.05) is 13.1 Å². The molecule has 0 saturated carbocycles. The summed E-state index contributed by atoms with van der Waals surface area (Å²) < 4.78 is 0. The van der Waals surface area contributed by atoms with Crippen LogP contribution in [-0.2, 0) is 9.59 Å². The molecule has 0 aromatic carbocycles. The molecule has 0 aliphatic carbocycles. The molecule has 0 fully saturated rings.